The lowest BCUT2D eigenvalue weighted by molar-refractivity contribution is -0.0512. The highest BCUT2D eigenvalue weighted by atomic mass is 19.3. The first-order chi connectivity index (χ1) is 13.3. The Morgan fingerprint density at radius 3 is 2.68 bits per heavy atom. The van der Waals surface area contributed by atoms with Crippen molar-refractivity contribution < 1.29 is 23.0 Å². The third-order valence-corrected chi connectivity index (χ3v) is 4.24. The normalized spacial score (nSPS) is 11.1. The molecule has 0 saturated heterocycles. The van der Waals surface area contributed by atoms with E-state index >= 15 is 0 Å². The van der Waals surface area contributed by atoms with Gasteiger partial charge in [0.1, 0.15) is 0 Å². The van der Waals surface area contributed by atoms with Crippen molar-refractivity contribution >= 4 is 16.9 Å². The van der Waals surface area contributed by atoms with Crippen molar-refractivity contribution in [2.75, 3.05) is 7.11 Å². The molecule has 0 fully saturated rings. The number of pyridine rings is 1. The number of aromatic nitrogens is 3. The highest BCUT2D eigenvalue weighted by Crippen LogP contribution is 2.29. The summed E-state index contributed by atoms with van der Waals surface area (Å²) in [6, 6.07) is 6.23. The average Bonchev–Trinajstić information content (AvgIpc) is 2.93. The van der Waals surface area contributed by atoms with Crippen molar-refractivity contribution in [2.24, 2.45) is 7.05 Å². The van der Waals surface area contributed by atoms with Crippen molar-refractivity contribution in [3.8, 4) is 11.5 Å². The van der Waals surface area contributed by atoms with E-state index in [1.807, 2.05) is 13.8 Å². The number of alkyl halides is 2. The SMILES string of the molecule is COc1cc(CNC(=O)c2cc(C)nc3c2c(C)nn3C)ccc1OC(F)F. The molecule has 0 spiro atoms. The second-order valence-corrected chi connectivity index (χ2v) is 6.27. The first-order valence-electron chi connectivity index (χ1n) is 8.51. The van der Waals surface area contributed by atoms with Crippen LogP contribution in [-0.4, -0.2) is 34.4 Å². The number of carbonyl (C=O) groups excluding carboxylic acids is 1. The first-order valence-corrected chi connectivity index (χ1v) is 8.51. The fourth-order valence-electron chi connectivity index (χ4n) is 3.04. The van der Waals surface area contributed by atoms with E-state index in [0.717, 1.165) is 0 Å². The Morgan fingerprint density at radius 2 is 2.00 bits per heavy atom. The van der Waals surface area contributed by atoms with Crippen LogP contribution in [0.1, 0.15) is 27.3 Å². The number of fused-ring (bicyclic) bond motifs is 1. The molecule has 0 unspecified atom stereocenters. The largest absolute Gasteiger partial charge is 0.493 e. The molecular formula is C19H20F2N4O3. The maximum absolute atomic E-state index is 12.8. The summed E-state index contributed by atoms with van der Waals surface area (Å²) in [4.78, 5) is 17.2. The van der Waals surface area contributed by atoms with Gasteiger partial charge < -0.3 is 14.8 Å². The van der Waals surface area contributed by atoms with Gasteiger partial charge in [-0.3, -0.25) is 9.48 Å². The number of nitrogens with zero attached hydrogens (tertiary/aromatic N) is 3. The maximum Gasteiger partial charge on any atom is 0.387 e. The fourth-order valence-corrected chi connectivity index (χ4v) is 3.04. The van der Waals surface area contributed by atoms with Crippen molar-refractivity contribution in [1.82, 2.24) is 20.1 Å². The third kappa shape index (κ3) is 3.88. The molecule has 2 heterocycles. The summed E-state index contributed by atoms with van der Waals surface area (Å²) in [5.41, 5.74) is 3.22. The zero-order chi connectivity index (χ0) is 20.4. The van der Waals surface area contributed by atoms with E-state index in [-0.39, 0.29) is 24.0 Å². The van der Waals surface area contributed by atoms with Gasteiger partial charge in [-0.2, -0.15) is 13.9 Å². The molecule has 3 aromatic rings. The number of aryl methyl sites for hydroxylation is 3. The van der Waals surface area contributed by atoms with Gasteiger partial charge in [0.2, 0.25) is 0 Å². The predicted molar refractivity (Wildman–Crippen MR) is 98.8 cm³/mol. The van der Waals surface area contributed by atoms with Gasteiger partial charge in [-0.05, 0) is 37.6 Å². The monoisotopic (exact) mass is 390 g/mol. The fraction of sp³-hybridized carbons (Fsp3) is 0.316. The van der Waals surface area contributed by atoms with E-state index < -0.39 is 6.61 Å². The standard InChI is InChI=1S/C19H20F2N4O3/c1-10-7-13(16-11(2)24-25(3)17(16)23-10)18(26)22-9-12-5-6-14(28-19(20)21)15(8-12)27-4/h5-8,19H,9H2,1-4H3,(H,22,26). The molecular weight excluding hydrogens is 370 g/mol. The topological polar surface area (TPSA) is 78.3 Å². The lowest BCUT2D eigenvalue weighted by Crippen LogP contribution is -2.23. The first kappa shape index (κ1) is 19.5. The minimum Gasteiger partial charge on any atom is -0.493 e. The molecule has 0 aliphatic carbocycles. The van der Waals surface area contributed by atoms with Crippen LogP contribution in [0.4, 0.5) is 8.78 Å². The highest BCUT2D eigenvalue weighted by molar-refractivity contribution is 6.06. The van der Waals surface area contributed by atoms with Gasteiger partial charge in [-0.25, -0.2) is 4.98 Å². The molecule has 9 heteroatoms. The summed E-state index contributed by atoms with van der Waals surface area (Å²) in [6.45, 7) is 0.875. The Hall–Kier alpha value is -3.23. The van der Waals surface area contributed by atoms with Gasteiger partial charge >= 0.3 is 6.61 Å². The summed E-state index contributed by atoms with van der Waals surface area (Å²) in [5.74, 6) is -0.180. The summed E-state index contributed by atoms with van der Waals surface area (Å²) in [7, 11) is 3.14. The molecule has 0 aliphatic rings. The second kappa shape index (κ2) is 7.79. The number of benzene rings is 1. The van der Waals surface area contributed by atoms with Crippen LogP contribution in [0, 0.1) is 13.8 Å². The quantitative estimate of drug-likeness (QED) is 0.700. The van der Waals surface area contributed by atoms with E-state index in [1.54, 1.807) is 29.9 Å². The number of nitrogens with one attached hydrogen (secondary N) is 1. The molecule has 28 heavy (non-hydrogen) atoms. The van der Waals surface area contributed by atoms with E-state index in [0.29, 0.717) is 33.5 Å². The molecule has 3 rings (SSSR count). The van der Waals surface area contributed by atoms with Gasteiger partial charge in [-0.1, -0.05) is 6.07 Å². The Kier molecular flexibility index (Phi) is 5.43. The number of hydrogen-bond acceptors (Lipinski definition) is 5. The maximum atomic E-state index is 12.8. The number of carbonyl (C=O) groups is 1. The van der Waals surface area contributed by atoms with E-state index in [1.165, 1.54) is 13.2 Å². The smallest absolute Gasteiger partial charge is 0.387 e. The predicted octanol–water partition coefficient (Wildman–Crippen LogP) is 3.13. The van der Waals surface area contributed by atoms with Crippen LogP contribution in [0.5, 0.6) is 11.5 Å². The summed E-state index contributed by atoms with van der Waals surface area (Å²) in [6.07, 6.45) is 0. The molecule has 1 N–H and O–H groups in total. The second-order valence-electron chi connectivity index (χ2n) is 6.27. The van der Waals surface area contributed by atoms with Crippen molar-refractivity contribution in [2.45, 2.75) is 27.0 Å². The van der Waals surface area contributed by atoms with Crippen LogP contribution >= 0.6 is 0 Å². The Morgan fingerprint density at radius 1 is 1.25 bits per heavy atom. The third-order valence-electron chi connectivity index (χ3n) is 4.24. The van der Waals surface area contributed by atoms with Crippen LogP contribution in [0.25, 0.3) is 11.0 Å². The molecule has 1 aromatic carbocycles. The lowest BCUT2D eigenvalue weighted by Gasteiger charge is -2.12. The van der Waals surface area contributed by atoms with Crippen molar-refractivity contribution in [1.29, 1.82) is 0 Å². The molecule has 0 radical (unpaired) electrons. The molecule has 7 nitrogen and oxygen atoms in total. The van der Waals surface area contributed by atoms with Crippen LogP contribution < -0.4 is 14.8 Å². The minimum absolute atomic E-state index is 0.0648. The molecule has 0 atom stereocenters. The lowest BCUT2D eigenvalue weighted by atomic mass is 10.1. The zero-order valence-corrected chi connectivity index (χ0v) is 15.9. The number of halogens is 2. The van der Waals surface area contributed by atoms with Gasteiger partial charge in [0.15, 0.2) is 17.1 Å². The molecule has 2 aromatic heterocycles. The molecule has 0 saturated carbocycles. The Labute approximate surface area is 160 Å². The van der Waals surface area contributed by atoms with E-state index in [9.17, 15) is 13.6 Å². The van der Waals surface area contributed by atoms with Crippen molar-refractivity contribution in [3.63, 3.8) is 0 Å². The number of hydrogen-bond donors (Lipinski definition) is 1. The highest BCUT2D eigenvalue weighted by Gasteiger charge is 2.18. The van der Waals surface area contributed by atoms with E-state index in [4.69, 9.17) is 4.74 Å². The zero-order valence-electron chi connectivity index (χ0n) is 15.9. The van der Waals surface area contributed by atoms with Gasteiger partial charge in [0, 0.05) is 19.3 Å². The number of amides is 1. The molecule has 1 amide bonds. The van der Waals surface area contributed by atoms with Crippen LogP contribution in [-0.2, 0) is 13.6 Å². The number of methoxy groups -OCH3 is 1. The molecule has 0 aliphatic heterocycles. The van der Waals surface area contributed by atoms with Crippen LogP contribution in [0.3, 0.4) is 0 Å². The van der Waals surface area contributed by atoms with E-state index in [2.05, 4.69) is 20.1 Å². The number of rotatable bonds is 6. The Balaban J connectivity index is 1.82. The van der Waals surface area contributed by atoms with Crippen LogP contribution in [0.2, 0.25) is 0 Å². The van der Waals surface area contributed by atoms with Crippen molar-refractivity contribution in [3.05, 3.63) is 46.8 Å². The summed E-state index contributed by atoms with van der Waals surface area (Å²) in [5, 5.41) is 7.86. The van der Waals surface area contributed by atoms with Gasteiger partial charge in [0.25, 0.3) is 5.91 Å². The minimum atomic E-state index is -2.94. The summed E-state index contributed by atoms with van der Waals surface area (Å²) >= 11 is 0. The van der Waals surface area contributed by atoms with Crippen LogP contribution in [0.15, 0.2) is 24.3 Å². The number of ether oxygens (including phenoxy) is 2. The van der Waals surface area contributed by atoms with Gasteiger partial charge in [-0.15, -0.1) is 0 Å². The summed E-state index contributed by atoms with van der Waals surface area (Å²) < 4.78 is 36.0. The average molecular weight is 390 g/mol. The molecule has 0 bridgehead atoms. The van der Waals surface area contributed by atoms with Gasteiger partial charge in [0.05, 0.1) is 23.8 Å². The Bertz CT molecular complexity index is 1030. The molecule has 148 valence electrons.